The molecule has 0 radical (unpaired) electrons. The van der Waals surface area contributed by atoms with Crippen molar-refractivity contribution in [1.29, 1.82) is 0 Å². The number of nitrogens with one attached hydrogen (secondary N) is 4. The maximum Gasteiger partial charge on any atom is 0.340 e. The van der Waals surface area contributed by atoms with E-state index in [4.69, 9.17) is 0 Å². The summed E-state index contributed by atoms with van der Waals surface area (Å²) in [5.41, 5.74) is 4.21. The van der Waals surface area contributed by atoms with Crippen LogP contribution in [0.3, 0.4) is 0 Å². The number of amides is 1. The second kappa shape index (κ2) is 7.23. The molecule has 0 bridgehead atoms. The van der Waals surface area contributed by atoms with Crippen molar-refractivity contribution in [2.45, 2.75) is 20.8 Å². The van der Waals surface area contributed by atoms with E-state index in [1.807, 2.05) is 39.0 Å². The zero-order chi connectivity index (χ0) is 20.5. The molecule has 0 aliphatic rings. The van der Waals surface area contributed by atoms with Crippen molar-refractivity contribution >= 4 is 22.9 Å². The molecule has 1 amide bonds. The summed E-state index contributed by atoms with van der Waals surface area (Å²) >= 11 is 0. The Balaban J connectivity index is 1.76. The first-order valence-corrected chi connectivity index (χ1v) is 9.11. The fraction of sp³-hybridized carbons (Fsp3) is 0.211. The first-order valence-electron chi connectivity index (χ1n) is 9.11. The van der Waals surface area contributed by atoms with E-state index < -0.39 is 0 Å². The van der Waals surface area contributed by atoms with Crippen LogP contribution in [0.15, 0.2) is 35.5 Å². The Kier molecular flexibility index (Phi) is 4.59. The van der Waals surface area contributed by atoms with Crippen LogP contribution in [0.25, 0.3) is 16.9 Å². The van der Waals surface area contributed by atoms with Gasteiger partial charge in [-0.25, -0.2) is 19.4 Å². The van der Waals surface area contributed by atoms with Crippen molar-refractivity contribution in [3.63, 3.8) is 0 Å². The Bertz CT molecular complexity index is 1270. The number of H-pyrrole nitrogens is 2. The number of aryl methyl sites for hydroxylation is 2. The average molecular weight is 392 g/mol. The number of hydrogen-bond acceptors (Lipinski definition) is 6. The molecule has 29 heavy (non-hydrogen) atoms. The molecule has 4 N–H and O–H groups in total. The molecule has 0 aliphatic carbocycles. The molecule has 148 valence electrons. The van der Waals surface area contributed by atoms with Crippen LogP contribution >= 0.6 is 0 Å². The predicted molar refractivity (Wildman–Crippen MR) is 108 cm³/mol. The van der Waals surface area contributed by atoms with E-state index in [1.54, 1.807) is 10.7 Å². The first kappa shape index (κ1) is 18.4. The van der Waals surface area contributed by atoms with Crippen LogP contribution in [0.4, 0.5) is 11.5 Å². The summed E-state index contributed by atoms with van der Waals surface area (Å²) in [7, 11) is 0. The van der Waals surface area contributed by atoms with Crippen LogP contribution in [-0.4, -0.2) is 42.2 Å². The predicted octanol–water partition coefficient (Wildman–Crippen LogP) is 1.92. The fourth-order valence-corrected chi connectivity index (χ4v) is 3.18. The number of nitrogens with zero attached hydrogens (tertiary/aromatic N) is 4. The summed E-state index contributed by atoms with van der Waals surface area (Å²) in [5.74, 6) is 0.870. The molecule has 0 aliphatic heterocycles. The van der Waals surface area contributed by atoms with E-state index in [9.17, 15) is 9.59 Å². The lowest BCUT2D eigenvalue weighted by Gasteiger charge is -2.11. The van der Waals surface area contributed by atoms with Gasteiger partial charge in [-0.1, -0.05) is 12.1 Å². The standard InChI is InChI=1S/C19H20N8O2/c1-4-20-18(28)13-8-27-15(11(13)3)17(21-9-22-27)23-14-7-12(6-5-10(14)2)16-24-19(29)26-25-16/h5-9H,4H2,1-3H3,(H,20,28)(H,21,22,23)(H2,24,25,26,29). The van der Waals surface area contributed by atoms with Crippen LogP contribution < -0.4 is 16.3 Å². The van der Waals surface area contributed by atoms with E-state index in [2.05, 4.69) is 35.9 Å². The topological polar surface area (TPSA) is 133 Å². The number of carbonyl (C=O) groups excluding carboxylic acids is 1. The summed E-state index contributed by atoms with van der Waals surface area (Å²) in [4.78, 5) is 30.7. The third-order valence-corrected chi connectivity index (χ3v) is 4.67. The van der Waals surface area contributed by atoms with Gasteiger partial charge in [-0.3, -0.25) is 9.78 Å². The summed E-state index contributed by atoms with van der Waals surface area (Å²) in [6.07, 6.45) is 3.13. The smallest absolute Gasteiger partial charge is 0.340 e. The summed E-state index contributed by atoms with van der Waals surface area (Å²) in [6, 6.07) is 5.68. The van der Waals surface area contributed by atoms with Crippen LogP contribution in [0, 0.1) is 13.8 Å². The molecule has 4 rings (SSSR count). The highest BCUT2D eigenvalue weighted by Gasteiger charge is 2.18. The lowest BCUT2D eigenvalue weighted by atomic mass is 10.1. The number of aromatic amines is 2. The van der Waals surface area contributed by atoms with Gasteiger partial charge in [-0.05, 0) is 38.0 Å². The van der Waals surface area contributed by atoms with Gasteiger partial charge < -0.3 is 10.6 Å². The fourth-order valence-electron chi connectivity index (χ4n) is 3.18. The van der Waals surface area contributed by atoms with Gasteiger partial charge in [0.1, 0.15) is 11.8 Å². The molecule has 0 saturated carbocycles. The van der Waals surface area contributed by atoms with Gasteiger partial charge in [0.2, 0.25) is 0 Å². The van der Waals surface area contributed by atoms with Crippen LogP contribution in [0.2, 0.25) is 0 Å². The number of aromatic nitrogens is 6. The molecule has 1 aromatic carbocycles. The molecular formula is C19H20N8O2. The van der Waals surface area contributed by atoms with Gasteiger partial charge in [-0.15, -0.1) is 0 Å². The number of fused-ring (bicyclic) bond motifs is 1. The number of carbonyl (C=O) groups is 1. The van der Waals surface area contributed by atoms with Gasteiger partial charge in [-0.2, -0.15) is 10.2 Å². The van der Waals surface area contributed by atoms with Gasteiger partial charge in [0.25, 0.3) is 5.91 Å². The molecule has 0 spiro atoms. The van der Waals surface area contributed by atoms with Crippen molar-refractivity contribution in [3.8, 4) is 11.4 Å². The molecule has 0 unspecified atom stereocenters. The van der Waals surface area contributed by atoms with E-state index in [0.717, 1.165) is 22.4 Å². The van der Waals surface area contributed by atoms with Gasteiger partial charge >= 0.3 is 5.69 Å². The molecule has 4 aromatic rings. The van der Waals surface area contributed by atoms with Crippen molar-refractivity contribution in [2.24, 2.45) is 0 Å². The molecule has 0 atom stereocenters. The van der Waals surface area contributed by atoms with Crippen LogP contribution in [-0.2, 0) is 0 Å². The minimum absolute atomic E-state index is 0.151. The van der Waals surface area contributed by atoms with Crippen LogP contribution in [0.1, 0.15) is 28.4 Å². The van der Waals surface area contributed by atoms with Crippen molar-refractivity contribution in [2.75, 3.05) is 11.9 Å². The summed E-state index contributed by atoms with van der Waals surface area (Å²) in [5, 5.41) is 16.7. The number of benzene rings is 1. The van der Waals surface area contributed by atoms with E-state index in [-0.39, 0.29) is 11.6 Å². The SMILES string of the molecule is CCNC(=O)c1cn2ncnc(Nc3cc(-c4n[nH]c(=O)[nH]4)ccc3C)c2c1C. The monoisotopic (exact) mass is 392 g/mol. The maximum atomic E-state index is 12.3. The molecule has 3 aromatic heterocycles. The Morgan fingerprint density at radius 1 is 1.28 bits per heavy atom. The Labute approximate surface area is 165 Å². The Morgan fingerprint density at radius 3 is 2.83 bits per heavy atom. The zero-order valence-electron chi connectivity index (χ0n) is 16.2. The second-order valence-electron chi connectivity index (χ2n) is 6.61. The van der Waals surface area contributed by atoms with Gasteiger partial charge in [0, 0.05) is 24.0 Å². The number of hydrogen-bond donors (Lipinski definition) is 4. The second-order valence-corrected chi connectivity index (χ2v) is 6.61. The van der Waals surface area contributed by atoms with Crippen molar-refractivity contribution in [1.82, 2.24) is 35.1 Å². The molecular weight excluding hydrogens is 372 g/mol. The Hall–Kier alpha value is -3.95. The largest absolute Gasteiger partial charge is 0.352 e. The summed E-state index contributed by atoms with van der Waals surface area (Å²) < 4.78 is 1.64. The molecule has 3 heterocycles. The minimum atomic E-state index is -0.366. The van der Waals surface area contributed by atoms with E-state index >= 15 is 0 Å². The lowest BCUT2D eigenvalue weighted by Crippen LogP contribution is -2.22. The zero-order valence-corrected chi connectivity index (χ0v) is 16.2. The Morgan fingerprint density at radius 2 is 2.10 bits per heavy atom. The highest BCUT2D eigenvalue weighted by atomic mass is 16.2. The third-order valence-electron chi connectivity index (χ3n) is 4.67. The number of anilines is 2. The molecule has 10 nitrogen and oxygen atoms in total. The third kappa shape index (κ3) is 3.35. The highest BCUT2D eigenvalue weighted by molar-refractivity contribution is 5.99. The highest BCUT2D eigenvalue weighted by Crippen LogP contribution is 2.29. The maximum absolute atomic E-state index is 12.3. The lowest BCUT2D eigenvalue weighted by molar-refractivity contribution is 0.0955. The average Bonchev–Trinajstić information content (AvgIpc) is 3.28. The first-order chi connectivity index (χ1) is 14.0. The van der Waals surface area contributed by atoms with E-state index in [1.165, 1.54) is 6.33 Å². The van der Waals surface area contributed by atoms with E-state index in [0.29, 0.717) is 29.3 Å². The number of rotatable bonds is 5. The van der Waals surface area contributed by atoms with Crippen molar-refractivity contribution < 1.29 is 4.79 Å². The molecule has 0 fully saturated rings. The normalized spacial score (nSPS) is 11.0. The van der Waals surface area contributed by atoms with Gasteiger partial charge in [0.15, 0.2) is 11.6 Å². The molecule has 0 saturated heterocycles. The van der Waals surface area contributed by atoms with Crippen molar-refractivity contribution in [3.05, 3.63) is 57.9 Å². The van der Waals surface area contributed by atoms with Crippen LogP contribution in [0.5, 0.6) is 0 Å². The minimum Gasteiger partial charge on any atom is -0.352 e. The molecule has 10 heteroatoms. The summed E-state index contributed by atoms with van der Waals surface area (Å²) in [6.45, 7) is 6.25. The van der Waals surface area contributed by atoms with Gasteiger partial charge in [0.05, 0.1) is 5.56 Å². The quantitative estimate of drug-likeness (QED) is 0.410.